The first-order valence-corrected chi connectivity index (χ1v) is 10.1. The van der Waals surface area contributed by atoms with Crippen molar-refractivity contribution in [3.63, 3.8) is 0 Å². The average Bonchev–Trinajstić information content (AvgIpc) is 3.31. The Morgan fingerprint density at radius 1 is 1.03 bits per heavy atom. The van der Waals surface area contributed by atoms with Crippen LogP contribution >= 0.6 is 0 Å². The number of carbonyl (C=O) groups excluding carboxylic acids is 1. The third-order valence-corrected chi connectivity index (χ3v) is 6.06. The summed E-state index contributed by atoms with van der Waals surface area (Å²) in [5, 5.41) is 3.12. The molecule has 1 aliphatic carbocycles. The lowest BCUT2D eigenvalue weighted by Crippen LogP contribution is -2.27. The maximum atomic E-state index is 13.3. The number of hydrogen-bond acceptors (Lipinski definition) is 4. The van der Waals surface area contributed by atoms with Crippen molar-refractivity contribution in [1.82, 2.24) is 4.57 Å². The standard InChI is InChI=1S/C24H24N2O4.H2/c1-15-4-5-16(2)26(15)19-13-18(7-9-20(19)28-3)25-23(27)24(10-11-24)17-6-8-21-22(12-17)30-14-29-21;/h4-9,12-13H,10-11,14H2,1-3H3,(H,25,27);1H. The smallest absolute Gasteiger partial charge is 0.235 e. The van der Waals surface area contributed by atoms with Gasteiger partial charge in [-0.15, -0.1) is 0 Å². The lowest BCUT2D eigenvalue weighted by atomic mass is 9.94. The number of nitrogens with zero attached hydrogens (tertiary/aromatic N) is 1. The summed E-state index contributed by atoms with van der Waals surface area (Å²) in [4.78, 5) is 13.3. The van der Waals surface area contributed by atoms with Crippen LogP contribution in [0.1, 0.15) is 31.2 Å². The lowest BCUT2D eigenvalue weighted by molar-refractivity contribution is -0.118. The highest BCUT2D eigenvalue weighted by Crippen LogP contribution is 2.51. The Kier molecular flexibility index (Phi) is 4.24. The first-order valence-electron chi connectivity index (χ1n) is 10.1. The molecule has 5 rings (SSSR count). The summed E-state index contributed by atoms with van der Waals surface area (Å²) in [6.45, 7) is 4.33. The van der Waals surface area contributed by atoms with E-state index in [1.807, 2.05) is 36.4 Å². The molecule has 6 heteroatoms. The molecule has 1 saturated carbocycles. The van der Waals surface area contributed by atoms with E-state index in [1.165, 1.54) is 0 Å². The van der Waals surface area contributed by atoms with Crippen LogP contribution in [-0.2, 0) is 10.2 Å². The van der Waals surface area contributed by atoms with Crippen molar-refractivity contribution in [2.45, 2.75) is 32.1 Å². The van der Waals surface area contributed by atoms with Crippen LogP contribution in [0.3, 0.4) is 0 Å². The number of rotatable bonds is 5. The largest absolute Gasteiger partial charge is 0.495 e. The molecule has 0 atom stereocenters. The Labute approximate surface area is 176 Å². The first kappa shape index (κ1) is 18.6. The Bertz CT molecular complexity index is 1130. The molecule has 2 heterocycles. The zero-order valence-corrected chi connectivity index (χ0v) is 17.3. The fourth-order valence-electron chi connectivity index (χ4n) is 4.21. The van der Waals surface area contributed by atoms with Gasteiger partial charge < -0.3 is 24.1 Å². The van der Waals surface area contributed by atoms with Crippen molar-refractivity contribution in [2.24, 2.45) is 0 Å². The number of amides is 1. The van der Waals surface area contributed by atoms with Crippen molar-refractivity contribution >= 4 is 11.6 Å². The third kappa shape index (κ3) is 2.91. The molecule has 0 saturated heterocycles. The molecule has 2 aliphatic rings. The predicted molar refractivity (Wildman–Crippen MR) is 116 cm³/mol. The van der Waals surface area contributed by atoms with E-state index in [4.69, 9.17) is 14.2 Å². The van der Waals surface area contributed by atoms with Gasteiger partial charge >= 0.3 is 0 Å². The molecule has 30 heavy (non-hydrogen) atoms. The van der Waals surface area contributed by atoms with Crippen molar-refractivity contribution < 1.29 is 20.4 Å². The monoisotopic (exact) mass is 406 g/mol. The number of hydrogen-bond donors (Lipinski definition) is 1. The molecule has 0 radical (unpaired) electrons. The van der Waals surface area contributed by atoms with Gasteiger partial charge in [-0.3, -0.25) is 4.79 Å². The summed E-state index contributed by atoms with van der Waals surface area (Å²) in [5.41, 5.74) is 4.32. The minimum Gasteiger partial charge on any atom is -0.495 e. The normalized spacial score (nSPS) is 15.7. The van der Waals surface area contributed by atoms with Gasteiger partial charge in [0.1, 0.15) is 5.75 Å². The third-order valence-electron chi connectivity index (χ3n) is 6.06. The van der Waals surface area contributed by atoms with Crippen LogP contribution in [0.15, 0.2) is 48.5 Å². The van der Waals surface area contributed by atoms with E-state index in [0.29, 0.717) is 5.75 Å². The van der Waals surface area contributed by atoms with Crippen molar-refractivity contribution in [2.75, 3.05) is 19.2 Å². The Morgan fingerprint density at radius 3 is 2.47 bits per heavy atom. The maximum Gasteiger partial charge on any atom is 0.235 e. The van der Waals surface area contributed by atoms with Crippen LogP contribution in [0, 0.1) is 13.8 Å². The van der Waals surface area contributed by atoms with Gasteiger partial charge in [0.2, 0.25) is 12.7 Å². The molecule has 3 aromatic rings. The van der Waals surface area contributed by atoms with E-state index in [0.717, 1.165) is 52.7 Å². The highest BCUT2D eigenvalue weighted by molar-refractivity contribution is 6.01. The number of benzene rings is 2. The zero-order valence-electron chi connectivity index (χ0n) is 17.3. The molecule has 0 spiro atoms. The summed E-state index contributed by atoms with van der Waals surface area (Å²) >= 11 is 0. The number of carbonyl (C=O) groups is 1. The topological polar surface area (TPSA) is 61.7 Å². The number of aromatic nitrogens is 1. The van der Waals surface area contributed by atoms with Gasteiger partial charge in [0.25, 0.3) is 0 Å². The van der Waals surface area contributed by atoms with Crippen LogP contribution in [0.25, 0.3) is 5.69 Å². The molecule has 156 valence electrons. The summed E-state index contributed by atoms with van der Waals surface area (Å²) in [6, 6.07) is 15.7. The Morgan fingerprint density at radius 2 is 1.77 bits per heavy atom. The van der Waals surface area contributed by atoms with Gasteiger partial charge in [-0.25, -0.2) is 0 Å². The van der Waals surface area contributed by atoms with E-state index in [-0.39, 0.29) is 14.1 Å². The minimum atomic E-state index is -0.514. The summed E-state index contributed by atoms with van der Waals surface area (Å²) in [6.07, 6.45) is 1.63. The molecule has 0 bridgehead atoms. The number of aryl methyl sites for hydroxylation is 2. The summed E-state index contributed by atoms with van der Waals surface area (Å²) in [5.74, 6) is 2.19. The highest BCUT2D eigenvalue weighted by atomic mass is 16.7. The lowest BCUT2D eigenvalue weighted by Gasteiger charge is -2.19. The second kappa shape index (κ2) is 6.83. The predicted octanol–water partition coefficient (Wildman–Crippen LogP) is 4.75. The SMILES string of the molecule is COc1ccc(NC(=O)C2(c3ccc4c(c3)OCO4)CC2)cc1-n1c(C)ccc1C.[HH]. The molecule has 1 amide bonds. The van der Waals surface area contributed by atoms with Crippen LogP contribution in [0.2, 0.25) is 0 Å². The minimum absolute atomic E-state index is 0. The van der Waals surface area contributed by atoms with Crippen LogP contribution in [-0.4, -0.2) is 24.4 Å². The van der Waals surface area contributed by atoms with Crippen LogP contribution in [0.5, 0.6) is 17.2 Å². The van der Waals surface area contributed by atoms with Gasteiger partial charge in [-0.2, -0.15) is 0 Å². The van der Waals surface area contributed by atoms with Crippen LogP contribution in [0.4, 0.5) is 5.69 Å². The van der Waals surface area contributed by atoms with Crippen molar-refractivity contribution in [3.8, 4) is 22.9 Å². The highest BCUT2D eigenvalue weighted by Gasteiger charge is 2.51. The van der Waals surface area contributed by atoms with E-state index < -0.39 is 5.41 Å². The molecular weight excluding hydrogens is 380 g/mol. The molecular formula is C24H26N2O4. The maximum absolute atomic E-state index is 13.3. The van der Waals surface area contributed by atoms with E-state index in [1.54, 1.807) is 7.11 Å². The average molecular weight is 406 g/mol. The molecule has 1 aliphatic heterocycles. The van der Waals surface area contributed by atoms with Gasteiger partial charge in [0, 0.05) is 18.5 Å². The molecule has 2 aromatic carbocycles. The number of fused-ring (bicyclic) bond motifs is 1. The van der Waals surface area contributed by atoms with Crippen molar-refractivity contribution in [3.05, 3.63) is 65.5 Å². The van der Waals surface area contributed by atoms with Crippen molar-refractivity contribution in [1.29, 1.82) is 0 Å². The molecule has 1 aromatic heterocycles. The fourth-order valence-corrected chi connectivity index (χ4v) is 4.21. The quantitative estimate of drug-likeness (QED) is 0.664. The number of ether oxygens (including phenoxy) is 3. The summed E-state index contributed by atoms with van der Waals surface area (Å²) < 4.78 is 18.6. The van der Waals surface area contributed by atoms with Gasteiger partial charge in [-0.1, -0.05) is 6.07 Å². The van der Waals surface area contributed by atoms with E-state index >= 15 is 0 Å². The number of anilines is 1. The number of methoxy groups -OCH3 is 1. The van der Waals surface area contributed by atoms with Gasteiger partial charge in [0.05, 0.1) is 18.2 Å². The van der Waals surface area contributed by atoms with E-state index in [9.17, 15) is 4.79 Å². The molecule has 0 unspecified atom stereocenters. The zero-order chi connectivity index (χ0) is 20.9. The molecule has 1 N–H and O–H groups in total. The summed E-state index contributed by atoms with van der Waals surface area (Å²) in [7, 11) is 1.66. The molecule has 6 nitrogen and oxygen atoms in total. The van der Waals surface area contributed by atoms with E-state index in [2.05, 4.69) is 35.9 Å². The second-order valence-electron chi connectivity index (χ2n) is 7.94. The fraction of sp³-hybridized carbons (Fsp3) is 0.292. The Hall–Kier alpha value is -3.41. The molecule has 1 fully saturated rings. The van der Waals surface area contributed by atoms with Gasteiger partial charge in [-0.05, 0) is 74.7 Å². The van der Waals surface area contributed by atoms with Crippen LogP contribution < -0.4 is 19.5 Å². The Balaban J connectivity index is 0.00000231. The second-order valence-corrected chi connectivity index (χ2v) is 7.94. The first-order chi connectivity index (χ1) is 14.5. The van der Waals surface area contributed by atoms with Gasteiger partial charge in [0.15, 0.2) is 11.5 Å². The number of nitrogens with one attached hydrogen (secondary N) is 1.